The Morgan fingerprint density at radius 3 is 2.64 bits per heavy atom. The van der Waals surface area contributed by atoms with Crippen LogP contribution in [0.25, 0.3) is 0 Å². The number of carboxylic acids is 1. The van der Waals surface area contributed by atoms with E-state index in [4.69, 9.17) is 14.6 Å². The molecule has 2 rings (SSSR count). The highest BCUT2D eigenvalue weighted by Gasteiger charge is 2.39. The van der Waals surface area contributed by atoms with Crippen molar-refractivity contribution in [2.24, 2.45) is 5.41 Å². The third kappa shape index (κ3) is 4.12. The first-order valence-electron chi connectivity index (χ1n) is 7.60. The lowest BCUT2D eigenvalue weighted by Gasteiger charge is -2.27. The van der Waals surface area contributed by atoms with Crippen molar-refractivity contribution in [3.63, 3.8) is 0 Å². The van der Waals surface area contributed by atoms with E-state index in [0.29, 0.717) is 5.56 Å². The van der Waals surface area contributed by atoms with Crippen molar-refractivity contribution in [2.45, 2.75) is 26.4 Å². The highest BCUT2D eigenvalue weighted by atomic mass is 16.5. The Labute approximate surface area is 144 Å². The molecule has 0 spiro atoms. The second kappa shape index (κ2) is 7.29. The van der Waals surface area contributed by atoms with Crippen molar-refractivity contribution >= 4 is 23.7 Å². The van der Waals surface area contributed by atoms with E-state index in [1.807, 2.05) is 0 Å². The number of aromatic carboxylic acids is 1. The van der Waals surface area contributed by atoms with Crippen LogP contribution in [-0.4, -0.2) is 35.9 Å². The largest absolute Gasteiger partial charge is 0.478 e. The lowest BCUT2D eigenvalue weighted by molar-refractivity contribution is -0.150. The van der Waals surface area contributed by atoms with Crippen LogP contribution in [0.15, 0.2) is 35.9 Å². The first-order valence-corrected chi connectivity index (χ1v) is 7.60. The minimum Gasteiger partial charge on any atom is -0.478 e. The summed E-state index contributed by atoms with van der Waals surface area (Å²) in [6.45, 7) is 1.41. The van der Waals surface area contributed by atoms with Crippen LogP contribution >= 0.6 is 0 Å². The van der Waals surface area contributed by atoms with Gasteiger partial charge in [-0.05, 0) is 37.1 Å². The molecule has 7 heteroatoms. The predicted molar refractivity (Wildman–Crippen MR) is 85.6 cm³/mol. The van der Waals surface area contributed by atoms with Gasteiger partial charge in [-0.1, -0.05) is 12.1 Å². The molecule has 0 radical (unpaired) electrons. The second-order valence-corrected chi connectivity index (χ2v) is 5.97. The van der Waals surface area contributed by atoms with Crippen molar-refractivity contribution < 1.29 is 33.8 Å². The molecule has 1 atom stereocenters. The van der Waals surface area contributed by atoms with Gasteiger partial charge in [-0.2, -0.15) is 0 Å². The lowest BCUT2D eigenvalue weighted by Crippen LogP contribution is -2.34. The molecule has 132 valence electrons. The molecule has 0 heterocycles. The Kier molecular flexibility index (Phi) is 5.36. The zero-order valence-electron chi connectivity index (χ0n) is 13.9. The molecule has 1 aliphatic carbocycles. The van der Waals surface area contributed by atoms with E-state index in [1.54, 1.807) is 13.0 Å². The van der Waals surface area contributed by atoms with E-state index in [1.165, 1.54) is 31.4 Å². The van der Waals surface area contributed by atoms with Gasteiger partial charge in [0, 0.05) is 6.42 Å². The molecule has 0 saturated heterocycles. The van der Waals surface area contributed by atoms with Crippen LogP contribution in [0.2, 0.25) is 0 Å². The Hall–Kier alpha value is -2.96. The number of carboxylic acid groups (broad SMARTS) is 1. The van der Waals surface area contributed by atoms with Crippen molar-refractivity contribution in [1.82, 2.24) is 0 Å². The number of hydrogen-bond acceptors (Lipinski definition) is 6. The first-order chi connectivity index (χ1) is 11.8. The third-order valence-electron chi connectivity index (χ3n) is 4.05. The maximum atomic E-state index is 12.2. The fourth-order valence-electron chi connectivity index (χ4n) is 2.57. The van der Waals surface area contributed by atoms with E-state index >= 15 is 0 Å². The standard InChI is InChI=1S/C18H18O7/c1-18(17(23)24-2)7-6-14(19)13(9-18)16(22)25-10-11-4-3-5-12(8-11)15(20)21/h3-5,8-9H,6-7,10H2,1-2H3,(H,20,21)/t18-/m1/s1. The van der Waals surface area contributed by atoms with Crippen LogP contribution in [0.1, 0.15) is 35.7 Å². The number of methoxy groups -OCH3 is 1. The molecule has 1 aromatic rings. The molecule has 0 saturated carbocycles. The number of carbonyl (C=O) groups excluding carboxylic acids is 3. The summed E-state index contributed by atoms with van der Waals surface area (Å²) in [7, 11) is 1.24. The molecule has 1 aliphatic rings. The van der Waals surface area contributed by atoms with Crippen LogP contribution in [0.5, 0.6) is 0 Å². The number of Topliss-reactive ketones (excluding diaryl/α,β-unsaturated/α-hetero) is 1. The van der Waals surface area contributed by atoms with E-state index in [2.05, 4.69) is 0 Å². The SMILES string of the molecule is COC(=O)[C@@]1(C)C=C(C(=O)OCc2cccc(C(=O)O)c2)C(=O)CC1. The Bertz CT molecular complexity index is 762. The van der Waals surface area contributed by atoms with Gasteiger partial charge in [-0.15, -0.1) is 0 Å². The highest BCUT2D eigenvalue weighted by Crippen LogP contribution is 2.33. The molecular formula is C18H18O7. The minimum absolute atomic E-state index is 0.0427. The van der Waals surface area contributed by atoms with Gasteiger partial charge in [0.1, 0.15) is 6.61 Å². The maximum Gasteiger partial charge on any atom is 0.341 e. The smallest absolute Gasteiger partial charge is 0.341 e. The van der Waals surface area contributed by atoms with Crippen LogP contribution in [0.3, 0.4) is 0 Å². The van der Waals surface area contributed by atoms with Gasteiger partial charge in [-0.25, -0.2) is 9.59 Å². The van der Waals surface area contributed by atoms with E-state index in [-0.39, 0.29) is 30.6 Å². The Balaban J connectivity index is 2.14. The highest BCUT2D eigenvalue weighted by molar-refractivity contribution is 6.18. The van der Waals surface area contributed by atoms with Gasteiger partial charge in [-0.3, -0.25) is 9.59 Å². The molecule has 0 amide bonds. The van der Waals surface area contributed by atoms with Gasteiger partial charge in [0.05, 0.1) is 23.7 Å². The fourth-order valence-corrected chi connectivity index (χ4v) is 2.57. The van der Waals surface area contributed by atoms with Gasteiger partial charge in [0.25, 0.3) is 0 Å². The van der Waals surface area contributed by atoms with Crippen molar-refractivity contribution in [2.75, 3.05) is 7.11 Å². The number of hydrogen-bond donors (Lipinski definition) is 1. The number of benzene rings is 1. The van der Waals surface area contributed by atoms with Crippen LogP contribution in [-0.2, 0) is 30.5 Å². The number of esters is 2. The number of ketones is 1. The molecule has 25 heavy (non-hydrogen) atoms. The normalized spacial score (nSPS) is 19.8. The summed E-state index contributed by atoms with van der Waals surface area (Å²) >= 11 is 0. The molecule has 0 bridgehead atoms. The Morgan fingerprint density at radius 2 is 2.00 bits per heavy atom. The summed E-state index contributed by atoms with van der Waals surface area (Å²) in [6, 6.07) is 5.94. The molecule has 0 fully saturated rings. The number of carbonyl (C=O) groups is 4. The maximum absolute atomic E-state index is 12.2. The zero-order valence-corrected chi connectivity index (χ0v) is 13.9. The molecule has 0 aliphatic heterocycles. The molecule has 7 nitrogen and oxygen atoms in total. The van der Waals surface area contributed by atoms with Gasteiger partial charge >= 0.3 is 17.9 Å². The summed E-state index contributed by atoms with van der Waals surface area (Å²) in [4.78, 5) is 47.0. The molecular weight excluding hydrogens is 328 g/mol. The summed E-state index contributed by atoms with van der Waals surface area (Å²) in [5, 5.41) is 8.95. The predicted octanol–water partition coefficient (Wildman–Crippen LogP) is 1.90. The second-order valence-electron chi connectivity index (χ2n) is 5.97. The van der Waals surface area contributed by atoms with Gasteiger partial charge < -0.3 is 14.6 Å². The van der Waals surface area contributed by atoms with Gasteiger partial charge in [0.2, 0.25) is 0 Å². The molecule has 0 aromatic heterocycles. The summed E-state index contributed by atoms with van der Waals surface area (Å²) in [5.74, 6) is -2.86. The van der Waals surface area contributed by atoms with Crippen LogP contribution in [0.4, 0.5) is 0 Å². The summed E-state index contributed by atoms with van der Waals surface area (Å²) in [5.41, 5.74) is -0.693. The number of ether oxygens (including phenoxy) is 2. The minimum atomic E-state index is -1.09. The average Bonchev–Trinajstić information content (AvgIpc) is 2.61. The lowest BCUT2D eigenvalue weighted by atomic mass is 9.77. The summed E-state index contributed by atoms with van der Waals surface area (Å²) < 4.78 is 9.82. The van der Waals surface area contributed by atoms with Gasteiger partial charge in [0.15, 0.2) is 5.78 Å². The molecule has 1 aromatic carbocycles. The van der Waals surface area contributed by atoms with E-state index < -0.39 is 29.1 Å². The van der Waals surface area contributed by atoms with Crippen molar-refractivity contribution in [1.29, 1.82) is 0 Å². The molecule has 0 unspecified atom stereocenters. The Morgan fingerprint density at radius 1 is 1.28 bits per heavy atom. The topological polar surface area (TPSA) is 107 Å². The first kappa shape index (κ1) is 18.4. The quantitative estimate of drug-likeness (QED) is 0.641. The van der Waals surface area contributed by atoms with Crippen LogP contribution in [0, 0.1) is 5.41 Å². The van der Waals surface area contributed by atoms with Crippen molar-refractivity contribution in [3.8, 4) is 0 Å². The fraction of sp³-hybridized carbons (Fsp3) is 0.333. The average molecular weight is 346 g/mol. The number of rotatable bonds is 5. The monoisotopic (exact) mass is 346 g/mol. The van der Waals surface area contributed by atoms with E-state index in [0.717, 1.165) is 0 Å². The van der Waals surface area contributed by atoms with E-state index in [9.17, 15) is 19.2 Å². The molecule has 1 N–H and O–H groups in total. The summed E-state index contributed by atoms with van der Waals surface area (Å²) in [6.07, 6.45) is 1.59. The zero-order chi connectivity index (χ0) is 18.6. The third-order valence-corrected chi connectivity index (χ3v) is 4.05. The van der Waals surface area contributed by atoms with Crippen LogP contribution < -0.4 is 0 Å². The van der Waals surface area contributed by atoms with Crippen molar-refractivity contribution in [3.05, 3.63) is 47.0 Å².